The molecule has 1 aromatic rings. The minimum atomic E-state index is -0.0982. The Morgan fingerprint density at radius 2 is 2.13 bits per heavy atom. The molecule has 0 fully saturated rings. The molecule has 82 valence electrons. The van der Waals surface area contributed by atoms with E-state index >= 15 is 0 Å². The molecule has 0 radical (unpaired) electrons. The number of rotatable bonds is 2. The lowest BCUT2D eigenvalue weighted by Crippen LogP contribution is -2.24. The SMILES string of the molecule is CC(C)(CO)C1CCc2ccc(O)cc21. The van der Waals surface area contributed by atoms with Gasteiger partial charge in [-0.25, -0.2) is 0 Å². The maximum absolute atomic E-state index is 9.49. The Hall–Kier alpha value is -1.02. The van der Waals surface area contributed by atoms with Crippen molar-refractivity contribution in [2.75, 3.05) is 6.61 Å². The van der Waals surface area contributed by atoms with Gasteiger partial charge in [-0.15, -0.1) is 0 Å². The van der Waals surface area contributed by atoms with Crippen molar-refractivity contribution in [2.24, 2.45) is 5.41 Å². The third-order valence-electron chi connectivity index (χ3n) is 3.56. The van der Waals surface area contributed by atoms with Crippen molar-refractivity contribution in [1.82, 2.24) is 0 Å². The summed E-state index contributed by atoms with van der Waals surface area (Å²) in [5.74, 6) is 0.694. The van der Waals surface area contributed by atoms with Crippen LogP contribution in [0.4, 0.5) is 0 Å². The number of aryl methyl sites for hydroxylation is 1. The number of benzene rings is 1. The van der Waals surface area contributed by atoms with Crippen molar-refractivity contribution in [2.45, 2.75) is 32.6 Å². The number of fused-ring (bicyclic) bond motifs is 1. The highest BCUT2D eigenvalue weighted by Crippen LogP contribution is 2.45. The predicted octanol–water partition coefficient (Wildman–Crippen LogP) is 2.44. The summed E-state index contributed by atoms with van der Waals surface area (Å²) in [7, 11) is 0. The van der Waals surface area contributed by atoms with Crippen LogP contribution in [-0.4, -0.2) is 16.8 Å². The molecule has 0 spiro atoms. The molecule has 0 aromatic heterocycles. The fourth-order valence-corrected chi connectivity index (χ4v) is 2.51. The highest BCUT2D eigenvalue weighted by atomic mass is 16.3. The van der Waals surface area contributed by atoms with Gasteiger partial charge in [-0.1, -0.05) is 19.9 Å². The number of phenolic OH excluding ortho intramolecular Hbond substituents is 1. The average Bonchev–Trinajstić information content (AvgIpc) is 2.61. The molecule has 1 aliphatic carbocycles. The lowest BCUT2D eigenvalue weighted by molar-refractivity contribution is 0.130. The first kappa shape index (κ1) is 10.5. The van der Waals surface area contributed by atoms with Crippen molar-refractivity contribution in [1.29, 1.82) is 0 Å². The zero-order valence-corrected chi connectivity index (χ0v) is 9.33. The summed E-state index contributed by atoms with van der Waals surface area (Å²) in [4.78, 5) is 0. The molecule has 1 unspecified atom stereocenters. The first-order valence-electron chi connectivity index (χ1n) is 5.47. The summed E-state index contributed by atoms with van der Waals surface area (Å²) in [6.45, 7) is 4.35. The van der Waals surface area contributed by atoms with E-state index in [2.05, 4.69) is 13.8 Å². The average molecular weight is 206 g/mol. The zero-order valence-electron chi connectivity index (χ0n) is 9.33. The Labute approximate surface area is 90.6 Å². The summed E-state index contributed by atoms with van der Waals surface area (Å²) >= 11 is 0. The second-order valence-electron chi connectivity index (χ2n) is 5.12. The lowest BCUT2D eigenvalue weighted by Gasteiger charge is -2.30. The fraction of sp³-hybridized carbons (Fsp3) is 0.538. The molecule has 0 heterocycles. The van der Waals surface area contributed by atoms with E-state index < -0.39 is 0 Å². The minimum Gasteiger partial charge on any atom is -0.508 e. The Morgan fingerprint density at radius 3 is 2.80 bits per heavy atom. The first-order chi connectivity index (χ1) is 7.04. The number of aromatic hydroxyl groups is 1. The molecule has 1 atom stereocenters. The molecule has 15 heavy (non-hydrogen) atoms. The quantitative estimate of drug-likeness (QED) is 0.780. The van der Waals surface area contributed by atoms with Crippen LogP contribution in [0, 0.1) is 5.41 Å². The van der Waals surface area contributed by atoms with Gasteiger partial charge in [-0.3, -0.25) is 0 Å². The molecule has 0 saturated carbocycles. The summed E-state index contributed by atoms with van der Waals surface area (Å²) in [5.41, 5.74) is 2.44. The van der Waals surface area contributed by atoms with E-state index in [-0.39, 0.29) is 12.0 Å². The van der Waals surface area contributed by atoms with Crippen LogP contribution in [0.15, 0.2) is 18.2 Å². The lowest BCUT2D eigenvalue weighted by atomic mass is 9.76. The Balaban J connectivity index is 2.39. The maximum Gasteiger partial charge on any atom is 0.115 e. The summed E-state index contributed by atoms with van der Waals surface area (Å²) in [6.07, 6.45) is 2.13. The normalized spacial score (nSPS) is 20.3. The Morgan fingerprint density at radius 1 is 1.40 bits per heavy atom. The molecule has 2 nitrogen and oxygen atoms in total. The van der Waals surface area contributed by atoms with E-state index in [0.29, 0.717) is 11.7 Å². The molecular formula is C13H18O2. The van der Waals surface area contributed by atoms with Crippen LogP contribution in [-0.2, 0) is 6.42 Å². The standard InChI is InChI=1S/C13H18O2/c1-13(2,8-14)12-6-4-9-3-5-10(15)7-11(9)12/h3,5,7,12,14-15H,4,6,8H2,1-2H3. The second kappa shape index (κ2) is 3.53. The van der Waals surface area contributed by atoms with Gasteiger partial charge in [0.05, 0.1) is 0 Å². The van der Waals surface area contributed by atoms with Gasteiger partial charge in [0.1, 0.15) is 5.75 Å². The van der Waals surface area contributed by atoms with E-state index in [9.17, 15) is 10.2 Å². The van der Waals surface area contributed by atoms with E-state index in [0.717, 1.165) is 12.8 Å². The summed E-state index contributed by atoms with van der Waals surface area (Å²) < 4.78 is 0. The number of aliphatic hydroxyl groups excluding tert-OH is 1. The van der Waals surface area contributed by atoms with Gasteiger partial charge in [0.15, 0.2) is 0 Å². The van der Waals surface area contributed by atoms with E-state index in [1.54, 1.807) is 6.07 Å². The van der Waals surface area contributed by atoms with Crippen LogP contribution in [0.5, 0.6) is 5.75 Å². The zero-order chi connectivity index (χ0) is 11.1. The number of phenols is 1. The number of aliphatic hydroxyl groups is 1. The van der Waals surface area contributed by atoms with Crippen LogP contribution in [0.3, 0.4) is 0 Å². The van der Waals surface area contributed by atoms with Crippen LogP contribution in [0.1, 0.15) is 37.3 Å². The van der Waals surface area contributed by atoms with Crippen molar-refractivity contribution in [3.63, 3.8) is 0 Å². The molecule has 1 aliphatic rings. The largest absolute Gasteiger partial charge is 0.508 e. The second-order valence-corrected chi connectivity index (χ2v) is 5.12. The van der Waals surface area contributed by atoms with Crippen LogP contribution < -0.4 is 0 Å². The van der Waals surface area contributed by atoms with Crippen molar-refractivity contribution in [3.8, 4) is 5.75 Å². The predicted molar refractivity (Wildman–Crippen MR) is 60.0 cm³/mol. The molecule has 0 saturated heterocycles. The summed E-state index contributed by atoms with van der Waals surface area (Å²) in [6, 6.07) is 5.59. The van der Waals surface area contributed by atoms with Gasteiger partial charge in [0, 0.05) is 6.61 Å². The molecule has 2 N–H and O–H groups in total. The highest BCUT2D eigenvalue weighted by molar-refractivity contribution is 5.41. The van der Waals surface area contributed by atoms with Gasteiger partial charge >= 0.3 is 0 Å². The van der Waals surface area contributed by atoms with Crippen molar-refractivity contribution < 1.29 is 10.2 Å². The molecular weight excluding hydrogens is 188 g/mol. The monoisotopic (exact) mass is 206 g/mol. The van der Waals surface area contributed by atoms with Crippen molar-refractivity contribution in [3.05, 3.63) is 29.3 Å². The number of hydrogen-bond acceptors (Lipinski definition) is 2. The molecule has 2 rings (SSSR count). The van der Waals surface area contributed by atoms with Crippen LogP contribution in [0.25, 0.3) is 0 Å². The minimum absolute atomic E-state index is 0.0982. The smallest absolute Gasteiger partial charge is 0.115 e. The van der Waals surface area contributed by atoms with Gasteiger partial charge in [-0.05, 0) is 47.4 Å². The van der Waals surface area contributed by atoms with Crippen molar-refractivity contribution >= 4 is 0 Å². The molecule has 2 heteroatoms. The highest BCUT2D eigenvalue weighted by Gasteiger charge is 2.35. The van der Waals surface area contributed by atoms with Crippen LogP contribution in [0.2, 0.25) is 0 Å². The van der Waals surface area contributed by atoms with Crippen LogP contribution >= 0.6 is 0 Å². The number of hydrogen-bond donors (Lipinski definition) is 2. The topological polar surface area (TPSA) is 40.5 Å². The maximum atomic E-state index is 9.49. The third-order valence-corrected chi connectivity index (χ3v) is 3.56. The van der Waals surface area contributed by atoms with Gasteiger partial charge in [0.2, 0.25) is 0 Å². The first-order valence-corrected chi connectivity index (χ1v) is 5.47. The molecule has 0 aliphatic heterocycles. The Bertz CT molecular complexity index is 369. The van der Waals surface area contributed by atoms with Gasteiger partial charge < -0.3 is 10.2 Å². The fourth-order valence-electron chi connectivity index (χ4n) is 2.51. The summed E-state index contributed by atoms with van der Waals surface area (Å²) in [5, 5.41) is 18.9. The van der Waals surface area contributed by atoms with Gasteiger partial charge in [-0.2, -0.15) is 0 Å². The van der Waals surface area contributed by atoms with E-state index in [1.165, 1.54) is 11.1 Å². The molecule has 1 aromatic carbocycles. The Kier molecular flexibility index (Phi) is 2.47. The van der Waals surface area contributed by atoms with E-state index in [1.807, 2.05) is 12.1 Å². The third kappa shape index (κ3) is 1.74. The molecule has 0 amide bonds. The molecule has 0 bridgehead atoms. The van der Waals surface area contributed by atoms with E-state index in [4.69, 9.17) is 0 Å². The van der Waals surface area contributed by atoms with Gasteiger partial charge in [0.25, 0.3) is 0 Å².